The lowest BCUT2D eigenvalue weighted by Gasteiger charge is -2.22. The number of hydrogen-bond donors (Lipinski definition) is 3. The van der Waals surface area contributed by atoms with E-state index in [0.29, 0.717) is 12.8 Å². The van der Waals surface area contributed by atoms with Crippen molar-refractivity contribution in [2.75, 3.05) is 6.61 Å². The molecule has 0 heterocycles. The van der Waals surface area contributed by atoms with Crippen molar-refractivity contribution in [3.63, 3.8) is 0 Å². The number of rotatable bonds is 71. The molecule has 0 aliphatic carbocycles. The van der Waals surface area contributed by atoms with Crippen LogP contribution in [0.4, 0.5) is 0 Å². The van der Waals surface area contributed by atoms with Crippen LogP contribution in [0.1, 0.15) is 450 Å². The number of aliphatic hydroxyl groups excluding tert-OH is 2. The molecule has 1 amide bonds. The van der Waals surface area contributed by atoms with Crippen LogP contribution in [0.15, 0.2) is 0 Å². The van der Waals surface area contributed by atoms with Crippen molar-refractivity contribution in [1.82, 2.24) is 5.32 Å². The van der Waals surface area contributed by atoms with Crippen molar-refractivity contribution in [2.45, 2.75) is 463 Å². The lowest BCUT2D eigenvalue weighted by Crippen LogP contribution is -2.45. The minimum atomic E-state index is -0.657. The number of unbranched alkanes of at least 4 members (excludes halogenated alkanes) is 64. The number of hydrogen-bond acceptors (Lipinski definition) is 3. The molecule has 3 N–H and O–H groups in total. The van der Waals surface area contributed by atoms with Crippen molar-refractivity contribution in [3.05, 3.63) is 0 Å². The average Bonchev–Trinajstić information content (AvgIpc) is 3.44. The van der Waals surface area contributed by atoms with E-state index >= 15 is 0 Å². The number of aliphatic hydroxyl groups is 2. The fourth-order valence-corrected chi connectivity index (χ4v) is 12.5. The van der Waals surface area contributed by atoms with Gasteiger partial charge < -0.3 is 15.5 Å². The molecule has 2 atom stereocenters. The predicted molar refractivity (Wildman–Crippen MR) is 350 cm³/mol. The maximum absolute atomic E-state index is 12.6. The summed E-state index contributed by atoms with van der Waals surface area (Å²) >= 11 is 0. The highest BCUT2D eigenvalue weighted by Crippen LogP contribution is 2.21. The SMILES string of the molecule is CCCCCCCCCCCCCCCCCCCCCCCCCCCCCCCCCCCCCCC(=O)NC(CO)C(O)CCCCCCCCCCCCCCCCCCCCCCCCCCCCCCCC. The first-order valence-corrected chi connectivity index (χ1v) is 37.2. The Morgan fingerprint density at radius 1 is 0.256 bits per heavy atom. The van der Waals surface area contributed by atoms with E-state index in [9.17, 15) is 15.0 Å². The third-order valence-corrected chi connectivity index (χ3v) is 18.1. The van der Waals surface area contributed by atoms with Gasteiger partial charge in [-0.2, -0.15) is 0 Å². The van der Waals surface area contributed by atoms with E-state index in [1.165, 1.54) is 398 Å². The number of amides is 1. The lowest BCUT2D eigenvalue weighted by molar-refractivity contribution is -0.123. The zero-order valence-electron chi connectivity index (χ0n) is 54.2. The summed E-state index contributed by atoms with van der Waals surface area (Å²) in [5, 5.41) is 23.5. The summed E-state index contributed by atoms with van der Waals surface area (Å²) < 4.78 is 0. The highest BCUT2D eigenvalue weighted by atomic mass is 16.3. The van der Waals surface area contributed by atoms with Crippen LogP contribution in [-0.4, -0.2) is 34.9 Å². The van der Waals surface area contributed by atoms with Crippen LogP contribution in [0, 0.1) is 0 Å². The Kier molecular flexibility index (Phi) is 70.1. The number of nitrogens with one attached hydrogen (secondary N) is 1. The van der Waals surface area contributed by atoms with Crippen molar-refractivity contribution >= 4 is 5.91 Å². The average molecular weight is 1100 g/mol. The lowest BCUT2D eigenvalue weighted by atomic mass is 10.0. The second kappa shape index (κ2) is 70.7. The van der Waals surface area contributed by atoms with Gasteiger partial charge in [-0.05, 0) is 12.8 Å². The van der Waals surface area contributed by atoms with Crippen molar-refractivity contribution in [1.29, 1.82) is 0 Å². The summed E-state index contributed by atoms with van der Waals surface area (Å²) in [7, 11) is 0. The van der Waals surface area contributed by atoms with E-state index in [-0.39, 0.29) is 12.5 Å². The van der Waals surface area contributed by atoms with Crippen LogP contribution in [0.25, 0.3) is 0 Å². The molecule has 0 rings (SSSR count). The van der Waals surface area contributed by atoms with Gasteiger partial charge in [0.05, 0.1) is 18.8 Å². The fraction of sp³-hybridized carbons (Fsp3) is 0.986. The first kappa shape index (κ1) is 77.4. The molecule has 0 spiro atoms. The largest absolute Gasteiger partial charge is 0.394 e. The van der Waals surface area contributed by atoms with E-state index in [1.54, 1.807) is 0 Å². The molecule has 0 aliphatic rings. The molecule has 0 saturated heterocycles. The van der Waals surface area contributed by atoms with E-state index in [4.69, 9.17) is 0 Å². The number of carbonyl (C=O) groups is 1. The molecule has 4 nitrogen and oxygen atoms in total. The summed E-state index contributed by atoms with van der Waals surface area (Å²) in [6.45, 7) is 4.42. The van der Waals surface area contributed by atoms with E-state index in [2.05, 4.69) is 19.2 Å². The van der Waals surface area contributed by atoms with Gasteiger partial charge in [-0.25, -0.2) is 0 Å². The van der Waals surface area contributed by atoms with E-state index in [1.807, 2.05) is 0 Å². The summed E-state index contributed by atoms with van der Waals surface area (Å²) in [4.78, 5) is 12.6. The molecule has 2 unspecified atom stereocenters. The quantitative estimate of drug-likeness (QED) is 0.0532. The van der Waals surface area contributed by atoms with Crippen LogP contribution in [0.3, 0.4) is 0 Å². The normalized spacial score (nSPS) is 12.5. The topological polar surface area (TPSA) is 69.6 Å². The Balaban J connectivity index is 3.34. The Morgan fingerprint density at radius 3 is 0.577 bits per heavy atom. The van der Waals surface area contributed by atoms with Gasteiger partial charge in [0, 0.05) is 6.42 Å². The minimum Gasteiger partial charge on any atom is -0.394 e. The molecular formula is C74H149NO3. The second-order valence-electron chi connectivity index (χ2n) is 26.1. The maximum atomic E-state index is 12.6. The van der Waals surface area contributed by atoms with Gasteiger partial charge in [-0.1, -0.05) is 431 Å². The maximum Gasteiger partial charge on any atom is 0.220 e. The zero-order valence-corrected chi connectivity index (χ0v) is 54.2. The molecule has 0 aliphatic heterocycles. The monoisotopic (exact) mass is 1100 g/mol. The van der Waals surface area contributed by atoms with Gasteiger partial charge in [0.25, 0.3) is 0 Å². The Hall–Kier alpha value is -0.610. The first-order chi connectivity index (χ1) is 38.7. The molecule has 4 heteroatoms. The van der Waals surface area contributed by atoms with Crippen molar-refractivity contribution in [3.8, 4) is 0 Å². The standard InChI is InChI=1S/C74H149NO3/c1-3-5-7-9-11-13-15-17-19-21-23-25-27-29-31-33-35-36-37-38-39-40-42-44-46-48-50-52-54-56-58-60-62-64-66-68-70-74(78)75-72(71-76)73(77)69-67-65-63-61-59-57-55-53-51-49-47-45-43-41-34-32-30-28-26-24-22-20-18-16-14-12-10-8-6-4-2/h72-73,76-77H,3-71H2,1-2H3,(H,75,78). The van der Waals surface area contributed by atoms with E-state index < -0.39 is 12.1 Å². The van der Waals surface area contributed by atoms with Gasteiger partial charge >= 0.3 is 0 Å². The number of carbonyl (C=O) groups excluding carboxylic acids is 1. The second-order valence-corrected chi connectivity index (χ2v) is 26.1. The van der Waals surface area contributed by atoms with Crippen LogP contribution < -0.4 is 5.32 Å². The fourth-order valence-electron chi connectivity index (χ4n) is 12.5. The Bertz CT molecular complexity index is 1060. The van der Waals surface area contributed by atoms with Gasteiger partial charge in [-0.15, -0.1) is 0 Å². The molecule has 0 aromatic rings. The summed E-state index contributed by atoms with van der Waals surface area (Å²) in [6.07, 6.45) is 93.4. The molecule has 0 aromatic heterocycles. The van der Waals surface area contributed by atoms with Gasteiger partial charge in [0.2, 0.25) is 5.91 Å². The first-order valence-electron chi connectivity index (χ1n) is 37.2. The van der Waals surface area contributed by atoms with Crippen LogP contribution in [0.2, 0.25) is 0 Å². The van der Waals surface area contributed by atoms with Gasteiger partial charge in [0.15, 0.2) is 0 Å². The zero-order chi connectivity index (χ0) is 56.2. The third kappa shape index (κ3) is 66.2. The van der Waals surface area contributed by atoms with E-state index in [0.717, 1.165) is 25.7 Å². The Morgan fingerprint density at radius 2 is 0.410 bits per heavy atom. The molecule has 0 bridgehead atoms. The molecule has 468 valence electrons. The van der Waals surface area contributed by atoms with Gasteiger partial charge in [-0.3, -0.25) is 4.79 Å². The minimum absolute atomic E-state index is 0.0185. The van der Waals surface area contributed by atoms with Crippen LogP contribution in [-0.2, 0) is 4.79 Å². The summed E-state index contributed by atoms with van der Waals surface area (Å²) in [6, 6.07) is -0.533. The van der Waals surface area contributed by atoms with Crippen LogP contribution >= 0.6 is 0 Å². The molecule has 0 radical (unpaired) electrons. The third-order valence-electron chi connectivity index (χ3n) is 18.1. The highest BCUT2D eigenvalue weighted by Gasteiger charge is 2.20. The highest BCUT2D eigenvalue weighted by molar-refractivity contribution is 5.76. The van der Waals surface area contributed by atoms with Gasteiger partial charge in [0.1, 0.15) is 0 Å². The summed E-state index contributed by atoms with van der Waals surface area (Å²) in [5.74, 6) is -0.0185. The smallest absolute Gasteiger partial charge is 0.220 e. The molecule has 0 saturated carbocycles. The molecular weight excluding hydrogens is 951 g/mol. The van der Waals surface area contributed by atoms with Crippen LogP contribution in [0.5, 0.6) is 0 Å². The Labute approximate surface area is 493 Å². The van der Waals surface area contributed by atoms with Crippen molar-refractivity contribution < 1.29 is 15.0 Å². The van der Waals surface area contributed by atoms with Crippen molar-refractivity contribution in [2.24, 2.45) is 0 Å². The molecule has 0 fully saturated rings. The summed E-state index contributed by atoms with van der Waals surface area (Å²) in [5.41, 5.74) is 0. The predicted octanol–water partition coefficient (Wildman–Crippen LogP) is 25.4. The molecule has 0 aromatic carbocycles. The molecule has 78 heavy (non-hydrogen) atoms.